The van der Waals surface area contributed by atoms with Gasteiger partial charge in [0.15, 0.2) is 0 Å². The third kappa shape index (κ3) is 4.38. The molecule has 0 saturated carbocycles. The summed E-state index contributed by atoms with van der Waals surface area (Å²) < 4.78 is 1.55. The van der Waals surface area contributed by atoms with Gasteiger partial charge in [0.05, 0.1) is 5.69 Å². The molecule has 0 fully saturated rings. The Labute approximate surface area is 143 Å². The van der Waals surface area contributed by atoms with Crippen LogP contribution in [0, 0.1) is 5.92 Å². The maximum absolute atomic E-state index is 12.4. The molecule has 1 aromatic heterocycles. The molecule has 1 unspecified atom stereocenters. The van der Waals surface area contributed by atoms with Gasteiger partial charge in [-0.2, -0.15) is 0 Å². The van der Waals surface area contributed by atoms with Crippen molar-refractivity contribution in [3.05, 3.63) is 36.2 Å². The Hall–Kier alpha value is -2.28. The number of hydrogen-bond acceptors (Lipinski definition) is 5. The topological polar surface area (TPSA) is 75.9 Å². The number of nitrogens with zero attached hydrogens (tertiary/aromatic N) is 5. The van der Waals surface area contributed by atoms with Crippen molar-refractivity contribution >= 4 is 5.91 Å². The first-order valence-corrected chi connectivity index (χ1v) is 8.42. The standard InChI is InChI=1S/C17H26N6O/c1-5-22(6-2)16(13(3)4)11-18-17(24)14-7-9-15(10-8-14)23-12-19-20-21-23/h7-10,12-13,16H,5-6,11H2,1-4H3,(H,18,24). The molecule has 7 nitrogen and oxygen atoms in total. The minimum absolute atomic E-state index is 0.0592. The highest BCUT2D eigenvalue weighted by Crippen LogP contribution is 2.11. The molecule has 0 saturated heterocycles. The van der Waals surface area contributed by atoms with Crippen LogP contribution in [-0.4, -0.2) is 56.7 Å². The first-order chi connectivity index (χ1) is 11.6. The zero-order valence-corrected chi connectivity index (χ0v) is 14.8. The number of carbonyl (C=O) groups is 1. The molecule has 130 valence electrons. The van der Waals surface area contributed by atoms with Crippen molar-refractivity contribution in [2.45, 2.75) is 33.7 Å². The summed E-state index contributed by atoms with van der Waals surface area (Å²) in [5.74, 6) is 0.420. The van der Waals surface area contributed by atoms with Gasteiger partial charge < -0.3 is 5.32 Å². The number of hydrogen-bond donors (Lipinski definition) is 1. The third-order valence-electron chi connectivity index (χ3n) is 4.27. The van der Waals surface area contributed by atoms with Gasteiger partial charge in [-0.1, -0.05) is 27.7 Å². The molecule has 2 aromatic rings. The van der Waals surface area contributed by atoms with E-state index in [1.165, 1.54) is 6.33 Å². The lowest BCUT2D eigenvalue weighted by atomic mass is 10.0. The Morgan fingerprint density at radius 1 is 1.21 bits per heavy atom. The molecular formula is C17H26N6O. The molecule has 0 aliphatic heterocycles. The van der Waals surface area contributed by atoms with Crippen molar-refractivity contribution < 1.29 is 4.79 Å². The van der Waals surface area contributed by atoms with Crippen LogP contribution in [-0.2, 0) is 0 Å². The van der Waals surface area contributed by atoms with Crippen LogP contribution in [0.2, 0.25) is 0 Å². The number of tetrazole rings is 1. The molecule has 1 aromatic carbocycles. The van der Waals surface area contributed by atoms with E-state index in [-0.39, 0.29) is 5.91 Å². The molecule has 1 amide bonds. The number of benzene rings is 1. The van der Waals surface area contributed by atoms with E-state index in [1.54, 1.807) is 16.8 Å². The molecule has 1 heterocycles. The summed E-state index contributed by atoms with van der Waals surface area (Å²) in [5, 5.41) is 14.1. The number of aromatic nitrogens is 4. The molecule has 0 spiro atoms. The molecule has 1 N–H and O–H groups in total. The minimum Gasteiger partial charge on any atom is -0.350 e. The fourth-order valence-electron chi connectivity index (χ4n) is 2.82. The van der Waals surface area contributed by atoms with Crippen LogP contribution in [0.5, 0.6) is 0 Å². The molecule has 0 radical (unpaired) electrons. The molecule has 0 bridgehead atoms. The molecule has 7 heteroatoms. The molecule has 0 aliphatic rings. The highest BCUT2D eigenvalue weighted by Gasteiger charge is 2.20. The summed E-state index contributed by atoms with van der Waals surface area (Å²) in [6.45, 7) is 11.3. The molecular weight excluding hydrogens is 304 g/mol. The zero-order valence-electron chi connectivity index (χ0n) is 14.8. The smallest absolute Gasteiger partial charge is 0.251 e. The van der Waals surface area contributed by atoms with Crippen molar-refractivity contribution in [1.29, 1.82) is 0 Å². The van der Waals surface area contributed by atoms with Crippen molar-refractivity contribution in [3.8, 4) is 5.69 Å². The van der Waals surface area contributed by atoms with Crippen LogP contribution in [0.15, 0.2) is 30.6 Å². The SMILES string of the molecule is CCN(CC)C(CNC(=O)c1ccc(-n2cnnn2)cc1)C(C)C. The van der Waals surface area contributed by atoms with E-state index < -0.39 is 0 Å². The Morgan fingerprint density at radius 3 is 2.38 bits per heavy atom. The minimum atomic E-state index is -0.0592. The molecule has 1 atom stereocenters. The van der Waals surface area contributed by atoms with Crippen molar-refractivity contribution in [2.75, 3.05) is 19.6 Å². The second-order valence-electron chi connectivity index (χ2n) is 6.04. The predicted molar refractivity (Wildman–Crippen MR) is 93.0 cm³/mol. The van der Waals surface area contributed by atoms with E-state index >= 15 is 0 Å². The monoisotopic (exact) mass is 330 g/mol. The zero-order chi connectivity index (χ0) is 17.5. The maximum atomic E-state index is 12.4. The predicted octanol–water partition coefficient (Wildman–Crippen LogP) is 1.76. The van der Waals surface area contributed by atoms with Gasteiger partial charge in [-0.3, -0.25) is 9.69 Å². The van der Waals surface area contributed by atoms with Gasteiger partial charge in [0.1, 0.15) is 6.33 Å². The summed E-state index contributed by atoms with van der Waals surface area (Å²) in [4.78, 5) is 14.8. The van der Waals surface area contributed by atoms with Gasteiger partial charge in [-0.25, -0.2) is 4.68 Å². The third-order valence-corrected chi connectivity index (χ3v) is 4.27. The molecule has 24 heavy (non-hydrogen) atoms. The van der Waals surface area contributed by atoms with Crippen molar-refractivity contribution in [1.82, 2.24) is 30.4 Å². The van der Waals surface area contributed by atoms with Crippen molar-refractivity contribution in [3.63, 3.8) is 0 Å². The summed E-state index contributed by atoms with van der Waals surface area (Å²) in [5.41, 5.74) is 1.45. The van der Waals surface area contributed by atoms with Gasteiger partial charge >= 0.3 is 0 Å². The highest BCUT2D eigenvalue weighted by molar-refractivity contribution is 5.94. The maximum Gasteiger partial charge on any atom is 0.251 e. The van der Waals surface area contributed by atoms with E-state index in [0.717, 1.165) is 18.8 Å². The van der Waals surface area contributed by atoms with Crippen LogP contribution in [0.4, 0.5) is 0 Å². The van der Waals surface area contributed by atoms with Crippen molar-refractivity contribution in [2.24, 2.45) is 5.92 Å². The summed E-state index contributed by atoms with van der Waals surface area (Å²) >= 11 is 0. The van der Waals surface area contributed by atoms with E-state index in [1.807, 2.05) is 12.1 Å². The quantitative estimate of drug-likeness (QED) is 0.798. The summed E-state index contributed by atoms with van der Waals surface area (Å²) in [6.07, 6.45) is 1.52. The number of likely N-dealkylation sites (N-methyl/N-ethyl adjacent to an activating group) is 1. The highest BCUT2D eigenvalue weighted by atomic mass is 16.1. The number of nitrogens with one attached hydrogen (secondary N) is 1. The first-order valence-electron chi connectivity index (χ1n) is 8.42. The fourth-order valence-corrected chi connectivity index (χ4v) is 2.82. The second-order valence-corrected chi connectivity index (χ2v) is 6.04. The number of rotatable bonds is 8. The van der Waals surface area contributed by atoms with E-state index in [9.17, 15) is 4.79 Å². The van der Waals surface area contributed by atoms with Crippen LogP contribution >= 0.6 is 0 Å². The van der Waals surface area contributed by atoms with E-state index in [2.05, 4.69) is 53.4 Å². The van der Waals surface area contributed by atoms with Gasteiger partial charge in [0, 0.05) is 18.2 Å². The van der Waals surface area contributed by atoms with Gasteiger partial charge in [-0.15, -0.1) is 5.10 Å². The molecule has 0 aliphatic carbocycles. The first kappa shape index (κ1) is 18.1. The van der Waals surface area contributed by atoms with Gasteiger partial charge in [0.2, 0.25) is 0 Å². The lowest BCUT2D eigenvalue weighted by Gasteiger charge is -2.32. The van der Waals surface area contributed by atoms with Crippen LogP contribution in [0.1, 0.15) is 38.1 Å². The lowest BCUT2D eigenvalue weighted by molar-refractivity contribution is 0.0921. The summed E-state index contributed by atoms with van der Waals surface area (Å²) in [6, 6.07) is 7.57. The lowest BCUT2D eigenvalue weighted by Crippen LogP contribution is -2.46. The van der Waals surface area contributed by atoms with E-state index in [4.69, 9.17) is 0 Å². The second kappa shape index (κ2) is 8.54. The molecule has 2 rings (SSSR count). The largest absolute Gasteiger partial charge is 0.350 e. The normalized spacial score (nSPS) is 12.6. The van der Waals surface area contributed by atoms with Crippen LogP contribution < -0.4 is 5.32 Å². The number of amides is 1. The van der Waals surface area contributed by atoms with E-state index in [0.29, 0.717) is 24.1 Å². The average Bonchev–Trinajstić information content (AvgIpc) is 3.12. The Balaban J connectivity index is 1.98. The van der Waals surface area contributed by atoms with Gasteiger partial charge in [0.25, 0.3) is 5.91 Å². The van der Waals surface area contributed by atoms with Crippen LogP contribution in [0.25, 0.3) is 5.69 Å². The average molecular weight is 330 g/mol. The van der Waals surface area contributed by atoms with Crippen LogP contribution in [0.3, 0.4) is 0 Å². The number of carbonyl (C=O) groups excluding carboxylic acids is 1. The van der Waals surface area contributed by atoms with Gasteiger partial charge in [-0.05, 0) is 53.7 Å². The Bertz CT molecular complexity index is 619. The Morgan fingerprint density at radius 2 is 1.88 bits per heavy atom. The fraction of sp³-hybridized carbons (Fsp3) is 0.529. The summed E-state index contributed by atoms with van der Waals surface area (Å²) in [7, 11) is 0. The Kier molecular flexibility index (Phi) is 6.43.